The maximum Gasteiger partial charge on any atom is 0.129 e. The predicted octanol–water partition coefficient (Wildman–Crippen LogP) is 1.71. The molecule has 1 saturated carbocycles. The van der Waals surface area contributed by atoms with Crippen molar-refractivity contribution in [2.75, 3.05) is 11.9 Å². The summed E-state index contributed by atoms with van der Waals surface area (Å²) < 4.78 is 0. The molecule has 1 fully saturated rings. The van der Waals surface area contributed by atoms with Gasteiger partial charge in [-0.15, -0.1) is 0 Å². The van der Waals surface area contributed by atoms with E-state index >= 15 is 0 Å². The van der Waals surface area contributed by atoms with E-state index in [4.69, 9.17) is 5.73 Å². The van der Waals surface area contributed by atoms with Gasteiger partial charge in [-0.05, 0) is 32.2 Å². The summed E-state index contributed by atoms with van der Waals surface area (Å²) in [5, 5.41) is 3.49. The molecule has 1 aliphatic carbocycles. The normalized spacial score (nSPS) is 25.4. The van der Waals surface area contributed by atoms with E-state index < -0.39 is 0 Å². The van der Waals surface area contributed by atoms with Gasteiger partial charge >= 0.3 is 0 Å². The van der Waals surface area contributed by atoms with Gasteiger partial charge in [0.2, 0.25) is 0 Å². The van der Waals surface area contributed by atoms with Crippen LogP contribution in [0.15, 0.2) is 12.4 Å². The van der Waals surface area contributed by atoms with Crippen LogP contribution in [0, 0.1) is 12.8 Å². The van der Waals surface area contributed by atoms with Gasteiger partial charge in [-0.25, -0.2) is 9.97 Å². The number of nitrogens with zero attached hydrogens (tertiary/aromatic N) is 2. The van der Waals surface area contributed by atoms with Crippen LogP contribution in [-0.4, -0.2) is 22.6 Å². The molecule has 0 spiro atoms. The van der Waals surface area contributed by atoms with E-state index in [-0.39, 0.29) is 0 Å². The fourth-order valence-corrected chi connectivity index (χ4v) is 2.40. The highest BCUT2D eigenvalue weighted by molar-refractivity contribution is 5.36. The number of hydrogen-bond donors (Lipinski definition) is 2. The first kappa shape index (κ1) is 11.3. The number of hydrogen-bond acceptors (Lipinski definition) is 4. The Labute approximate surface area is 96.7 Å². The second-order valence-corrected chi connectivity index (χ2v) is 4.58. The molecule has 0 amide bonds. The zero-order valence-electron chi connectivity index (χ0n) is 9.82. The van der Waals surface area contributed by atoms with Gasteiger partial charge in [-0.1, -0.05) is 12.8 Å². The highest BCUT2D eigenvalue weighted by Crippen LogP contribution is 2.25. The molecule has 4 heteroatoms. The van der Waals surface area contributed by atoms with E-state index in [1.165, 1.54) is 25.7 Å². The summed E-state index contributed by atoms with van der Waals surface area (Å²) in [7, 11) is 0. The quantitative estimate of drug-likeness (QED) is 0.814. The van der Waals surface area contributed by atoms with Crippen molar-refractivity contribution >= 4 is 5.82 Å². The van der Waals surface area contributed by atoms with Crippen LogP contribution in [0.4, 0.5) is 5.82 Å². The number of rotatable bonds is 3. The first-order valence-corrected chi connectivity index (χ1v) is 6.05. The van der Waals surface area contributed by atoms with Gasteiger partial charge in [0.15, 0.2) is 0 Å². The van der Waals surface area contributed by atoms with Gasteiger partial charge in [0.1, 0.15) is 12.1 Å². The fourth-order valence-electron chi connectivity index (χ4n) is 2.40. The molecule has 0 radical (unpaired) electrons. The van der Waals surface area contributed by atoms with E-state index in [9.17, 15) is 0 Å². The van der Waals surface area contributed by atoms with Gasteiger partial charge in [0.05, 0.1) is 0 Å². The first-order valence-electron chi connectivity index (χ1n) is 6.05. The Morgan fingerprint density at radius 3 is 2.94 bits per heavy atom. The molecule has 0 aliphatic heterocycles. The van der Waals surface area contributed by atoms with Crippen LogP contribution in [0.3, 0.4) is 0 Å². The van der Waals surface area contributed by atoms with E-state index in [0.29, 0.717) is 12.0 Å². The van der Waals surface area contributed by atoms with Crippen LogP contribution < -0.4 is 11.1 Å². The summed E-state index contributed by atoms with van der Waals surface area (Å²) in [6.07, 6.45) is 6.64. The third-order valence-electron chi connectivity index (χ3n) is 3.35. The maximum absolute atomic E-state index is 5.80. The molecule has 0 aromatic carbocycles. The summed E-state index contributed by atoms with van der Waals surface area (Å²) in [6.45, 7) is 2.75. The highest BCUT2D eigenvalue weighted by Gasteiger charge is 2.23. The van der Waals surface area contributed by atoms with Gasteiger partial charge in [-0.2, -0.15) is 0 Å². The molecule has 2 unspecified atom stereocenters. The SMILES string of the molecule is Cc1cc(NC2CCCCC2CN)ncn1. The zero-order chi connectivity index (χ0) is 11.4. The van der Waals surface area contributed by atoms with Gasteiger partial charge in [0.25, 0.3) is 0 Å². The smallest absolute Gasteiger partial charge is 0.129 e. The molecule has 1 aliphatic rings. The minimum Gasteiger partial charge on any atom is -0.367 e. The number of aromatic nitrogens is 2. The van der Waals surface area contributed by atoms with Crippen molar-refractivity contribution in [3.8, 4) is 0 Å². The van der Waals surface area contributed by atoms with E-state index in [1.807, 2.05) is 13.0 Å². The molecular weight excluding hydrogens is 200 g/mol. The minimum atomic E-state index is 0.480. The highest BCUT2D eigenvalue weighted by atomic mass is 15.0. The average molecular weight is 220 g/mol. The third-order valence-corrected chi connectivity index (χ3v) is 3.35. The number of nitrogens with two attached hydrogens (primary N) is 1. The van der Waals surface area contributed by atoms with Gasteiger partial charge in [-0.3, -0.25) is 0 Å². The third kappa shape index (κ3) is 2.70. The Morgan fingerprint density at radius 2 is 2.19 bits per heavy atom. The fraction of sp³-hybridized carbons (Fsp3) is 0.667. The van der Waals surface area contributed by atoms with Gasteiger partial charge in [0, 0.05) is 17.8 Å². The molecule has 1 aromatic heterocycles. The van der Waals surface area contributed by atoms with E-state index in [2.05, 4.69) is 15.3 Å². The van der Waals surface area contributed by atoms with Crippen LogP contribution in [0.2, 0.25) is 0 Å². The number of nitrogens with one attached hydrogen (secondary N) is 1. The van der Waals surface area contributed by atoms with E-state index in [1.54, 1.807) is 6.33 Å². The lowest BCUT2D eigenvalue weighted by molar-refractivity contribution is 0.332. The molecule has 0 saturated heterocycles. The lowest BCUT2D eigenvalue weighted by atomic mass is 9.84. The summed E-state index contributed by atoms with van der Waals surface area (Å²) in [6, 6.07) is 2.47. The Hall–Kier alpha value is -1.16. The lowest BCUT2D eigenvalue weighted by Gasteiger charge is -2.31. The molecule has 1 heterocycles. The Balaban J connectivity index is 2.02. The first-order chi connectivity index (χ1) is 7.79. The van der Waals surface area contributed by atoms with Crippen molar-refractivity contribution in [2.24, 2.45) is 11.7 Å². The van der Waals surface area contributed by atoms with Crippen LogP contribution in [-0.2, 0) is 0 Å². The van der Waals surface area contributed by atoms with Crippen molar-refractivity contribution in [3.05, 3.63) is 18.1 Å². The molecule has 0 bridgehead atoms. The molecule has 3 N–H and O–H groups in total. The standard InChI is InChI=1S/C12H20N4/c1-9-6-12(15-8-14-9)16-11-5-3-2-4-10(11)7-13/h6,8,10-11H,2-5,7,13H2,1H3,(H,14,15,16). The lowest BCUT2D eigenvalue weighted by Crippen LogP contribution is -2.36. The van der Waals surface area contributed by atoms with Crippen LogP contribution >= 0.6 is 0 Å². The molecule has 2 atom stereocenters. The maximum atomic E-state index is 5.80. The van der Waals surface area contributed by atoms with E-state index in [0.717, 1.165) is 18.1 Å². The Morgan fingerprint density at radius 1 is 1.38 bits per heavy atom. The van der Waals surface area contributed by atoms with Gasteiger partial charge < -0.3 is 11.1 Å². The Kier molecular flexibility index (Phi) is 3.72. The van der Waals surface area contributed by atoms with Crippen molar-refractivity contribution < 1.29 is 0 Å². The zero-order valence-corrected chi connectivity index (χ0v) is 9.82. The topological polar surface area (TPSA) is 63.8 Å². The summed E-state index contributed by atoms with van der Waals surface area (Å²) >= 11 is 0. The van der Waals surface area contributed by atoms with Crippen molar-refractivity contribution in [2.45, 2.75) is 38.6 Å². The monoisotopic (exact) mass is 220 g/mol. The summed E-state index contributed by atoms with van der Waals surface area (Å²) in [5.74, 6) is 1.52. The molecule has 88 valence electrons. The molecular formula is C12H20N4. The number of aryl methyl sites for hydroxylation is 1. The molecule has 4 nitrogen and oxygen atoms in total. The summed E-state index contributed by atoms with van der Waals surface area (Å²) in [5.41, 5.74) is 6.80. The Bertz CT molecular complexity index is 340. The van der Waals surface area contributed by atoms with Crippen molar-refractivity contribution in [3.63, 3.8) is 0 Å². The van der Waals surface area contributed by atoms with Crippen molar-refractivity contribution in [1.82, 2.24) is 9.97 Å². The average Bonchev–Trinajstić information content (AvgIpc) is 2.30. The largest absolute Gasteiger partial charge is 0.367 e. The predicted molar refractivity (Wildman–Crippen MR) is 65.2 cm³/mol. The molecule has 1 aromatic rings. The summed E-state index contributed by atoms with van der Waals surface area (Å²) in [4.78, 5) is 8.34. The second-order valence-electron chi connectivity index (χ2n) is 4.58. The molecule has 16 heavy (non-hydrogen) atoms. The van der Waals surface area contributed by atoms with Crippen LogP contribution in [0.25, 0.3) is 0 Å². The van der Waals surface area contributed by atoms with Crippen molar-refractivity contribution in [1.29, 1.82) is 0 Å². The molecule has 2 rings (SSSR count). The minimum absolute atomic E-state index is 0.480. The second kappa shape index (κ2) is 5.25. The van der Waals surface area contributed by atoms with Crippen LogP contribution in [0.1, 0.15) is 31.4 Å². The number of anilines is 1. The van der Waals surface area contributed by atoms with Crippen LogP contribution in [0.5, 0.6) is 0 Å².